The number of hydrogen-bond donors (Lipinski definition) is 1. The molecule has 2 aromatic rings. The highest BCUT2D eigenvalue weighted by atomic mass is 32.2. The van der Waals surface area contributed by atoms with E-state index in [1.54, 1.807) is 24.5 Å². The molecular formula is C16H22N2O4S. The van der Waals surface area contributed by atoms with Crippen molar-refractivity contribution in [1.82, 2.24) is 9.62 Å². The summed E-state index contributed by atoms with van der Waals surface area (Å²) in [5.74, 6) is 1.02. The van der Waals surface area contributed by atoms with E-state index < -0.39 is 10.0 Å². The summed E-state index contributed by atoms with van der Waals surface area (Å²) >= 11 is 0. The first-order chi connectivity index (χ1) is 10.8. The lowest BCUT2D eigenvalue weighted by atomic mass is 10.2. The van der Waals surface area contributed by atoms with Gasteiger partial charge in [-0.25, -0.2) is 13.1 Å². The first kappa shape index (κ1) is 17.5. The van der Waals surface area contributed by atoms with Crippen LogP contribution in [-0.4, -0.2) is 41.1 Å². The molecule has 0 amide bonds. The third kappa shape index (κ3) is 4.13. The average molecular weight is 338 g/mol. The van der Waals surface area contributed by atoms with Gasteiger partial charge < -0.3 is 9.15 Å². The van der Waals surface area contributed by atoms with Crippen molar-refractivity contribution in [3.63, 3.8) is 0 Å². The molecule has 126 valence electrons. The Morgan fingerprint density at radius 3 is 2.61 bits per heavy atom. The van der Waals surface area contributed by atoms with Gasteiger partial charge in [-0.15, -0.1) is 0 Å². The van der Waals surface area contributed by atoms with Gasteiger partial charge >= 0.3 is 0 Å². The van der Waals surface area contributed by atoms with Gasteiger partial charge in [0.1, 0.15) is 16.4 Å². The van der Waals surface area contributed by atoms with Crippen LogP contribution in [0.5, 0.6) is 5.75 Å². The van der Waals surface area contributed by atoms with E-state index >= 15 is 0 Å². The Kier molecular flexibility index (Phi) is 5.46. The molecule has 0 radical (unpaired) electrons. The average Bonchev–Trinajstić information content (AvgIpc) is 3.01. The van der Waals surface area contributed by atoms with Crippen LogP contribution >= 0.6 is 0 Å². The van der Waals surface area contributed by atoms with Crippen LogP contribution in [0.4, 0.5) is 0 Å². The van der Waals surface area contributed by atoms with Crippen LogP contribution in [0.1, 0.15) is 17.4 Å². The SMILES string of the molecule is COc1ccc(C)cc1S(=O)(=O)NC[C@H](c1ccco1)N(C)C. The number of ether oxygens (including phenoxy) is 1. The van der Waals surface area contributed by atoms with E-state index in [2.05, 4.69) is 4.72 Å². The zero-order valence-electron chi connectivity index (χ0n) is 13.7. The fourth-order valence-electron chi connectivity index (χ4n) is 2.28. The summed E-state index contributed by atoms with van der Waals surface area (Å²) < 4.78 is 38.4. The molecule has 0 fully saturated rings. The Morgan fingerprint density at radius 2 is 2.04 bits per heavy atom. The van der Waals surface area contributed by atoms with Gasteiger partial charge in [0.15, 0.2) is 0 Å². The summed E-state index contributed by atoms with van der Waals surface area (Å²) in [7, 11) is 1.50. The summed E-state index contributed by atoms with van der Waals surface area (Å²) in [6.45, 7) is 2.03. The normalized spacial score (nSPS) is 13.3. The van der Waals surface area contributed by atoms with Gasteiger partial charge in [0.05, 0.1) is 19.4 Å². The van der Waals surface area contributed by atoms with Crippen LogP contribution in [0, 0.1) is 6.92 Å². The number of nitrogens with one attached hydrogen (secondary N) is 1. The number of sulfonamides is 1. The lowest BCUT2D eigenvalue weighted by Gasteiger charge is -2.22. The molecule has 0 saturated carbocycles. The number of likely N-dealkylation sites (N-methyl/N-ethyl adjacent to an activating group) is 1. The molecule has 1 heterocycles. The van der Waals surface area contributed by atoms with Gasteiger partial charge in [-0.3, -0.25) is 4.90 Å². The smallest absolute Gasteiger partial charge is 0.244 e. The third-order valence-corrected chi connectivity index (χ3v) is 5.02. The highest BCUT2D eigenvalue weighted by Gasteiger charge is 2.24. The summed E-state index contributed by atoms with van der Waals surface area (Å²) in [6.07, 6.45) is 1.57. The molecule has 1 aromatic carbocycles. The molecule has 0 spiro atoms. The minimum absolute atomic E-state index is 0.136. The van der Waals surface area contributed by atoms with Crippen molar-refractivity contribution in [3.8, 4) is 5.75 Å². The van der Waals surface area contributed by atoms with Gasteiger partial charge in [0, 0.05) is 6.54 Å². The molecule has 0 bridgehead atoms. The molecule has 0 saturated heterocycles. The largest absolute Gasteiger partial charge is 0.495 e. The Morgan fingerprint density at radius 1 is 1.30 bits per heavy atom. The molecule has 0 aliphatic carbocycles. The molecule has 0 unspecified atom stereocenters. The number of benzene rings is 1. The number of nitrogens with zero attached hydrogens (tertiary/aromatic N) is 1. The monoisotopic (exact) mass is 338 g/mol. The molecule has 2 rings (SSSR count). The van der Waals surface area contributed by atoms with E-state index in [9.17, 15) is 8.42 Å². The van der Waals surface area contributed by atoms with Crippen LogP contribution in [0.3, 0.4) is 0 Å². The molecule has 1 aromatic heterocycles. The van der Waals surface area contributed by atoms with Crippen molar-refractivity contribution in [2.45, 2.75) is 17.9 Å². The second-order valence-corrected chi connectivity index (χ2v) is 7.24. The minimum Gasteiger partial charge on any atom is -0.495 e. The van der Waals surface area contributed by atoms with E-state index in [4.69, 9.17) is 9.15 Å². The van der Waals surface area contributed by atoms with E-state index in [-0.39, 0.29) is 17.5 Å². The predicted octanol–water partition coefficient (Wildman–Crippen LogP) is 2.18. The zero-order chi connectivity index (χ0) is 17.0. The summed E-state index contributed by atoms with van der Waals surface area (Å²) in [6, 6.07) is 8.47. The number of furan rings is 1. The highest BCUT2D eigenvalue weighted by molar-refractivity contribution is 7.89. The fraction of sp³-hybridized carbons (Fsp3) is 0.375. The number of rotatable bonds is 7. The first-order valence-corrected chi connectivity index (χ1v) is 8.67. The van der Waals surface area contributed by atoms with Gasteiger partial charge in [-0.1, -0.05) is 6.07 Å². The molecule has 6 nitrogen and oxygen atoms in total. The van der Waals surface area contributed by atoms with Crippen molar-refractivity contribution >= 4 is 10.0 Å². The van der Waals surface area contributed by atoms with Crippen LogP contribution in [0.2, 0.25) is 0 Å². The Hall–Kier alpha value is -1.83. The van der Waals surface area contributed by atoms with E-state index in [1.807, 2.05) is 38.1 Å². The fourth-order valence-corrected chi connectivity index (χ4v) is 3.57. The van der Waals surface area contributed by atoms with Gasteiger partial charge in [-0.2, -0.15) is 0 Å². The van der Waals surface area contributed by atoms with Gasteiger partial charge in [0.2, 0.25) is 10.0 Å². The van der Waals surface area contributed by atoms with Gasteiger partial charge in [-0.05, 0) is 50.8 Å². The second kappa shape index (κ2) is 7.16. The Balaban J connectivity index is 2.23. The quantitative estimate of drug-likeness (QED) is 0.838. The maximum absolute atomic E-state index is 12.6. The molecule has 1 atom stereocenters. The van der Waals surface area contributed by atoms with Crippen LogP contribution in [0.25, 0.3) is 0 Å². The van der Waals surface area contributed by atoms with Crippen molar-refractivity contribution < 1.29 is 17.6 Å². The highest BCUT2D eigenvalue weighted by Crippen LogP contribution is 2.25. The standard InChI is InChI=1S/C16H22N2O4S/c1-12-7-8-15(21-4)16(10-12)23(19,20)17-11-13(18(2)3)14-6-5-9-22-14/h5-10,13,17H,11H2,1-4H3/t13-/m1/s1. The topological polar surface area (TPSA) is 71.8 Å². The molecular weight excluding hydrogens is 316 g/mol. The number of methoxy groups -OCH3 is 1. The van der Waals surface area contributed by atoms with Crippen molar-refractivity contribution in [3.05, 3.63) is 47.9 Å². The predicted molar refractivity (Wildman–Crippen MR) is 88.1 cm³/mol. The Labute approximate surface area is 137 Å². The molecule has 0 aliphatic rings. The molecule has 7 heteroatoms. The van der Waals surface area contributed by atoms with Crippen molar-refractivity contribution in [2.75, 3.05) is 27.7 Å². The third-order valence-electron chi connectivity index (χ3n) is 3.57. The summed E-state index contributed by atoms with van der Waals surface area (Å²) in [5.41, 5.74) is 0.848. The van der Waals surface area contributed by atoms with Crippen LogP contribution in [0.15, 0.2) is 45.9 Å². The van der Waals surface area contributed by atoms with E-state index in [0.29, 0.717) is 11.5 Å². The Bertz CT molecular complexity index is 739. The lowest BCUT2D eigenvalue weighted by molar-refractivity contribution is 0.259. The molecule has 1 N–H and O–H groups in total. The van der Waals surface area contributed by atoms with E-state index in [0.717, 1.165) is 5.56 Å². The summed E-state index contributed by atoms with van der Waals surface area (Å²) in [5, 5.41) is 0. The van der Waals surface area contributed by atoms with Crippen molar-refractivity contribution in [1.29, 1.82) is 0 Å². The number of hydrogen-bond acceptors (Lipinski definition) is 5. The lowest BCUT2D eigenvalue weighted by Crippen LogP contribution is -2.34. The first-order valence-electron chi connectivity index (χ1n) is 7.19. The van der Waals surface area contributed by atoms with Crippen LogP contribution in [-0.2, 0) is 10.0 Å². The minimum atomic E-state index is -3.69. The molecule has 23 heavy (non-hydrogen) atoms. The second-order valence-electron chi connectivity index (χ2n) is 5.50. The van der Waals surface area contributed by atoms with Crippen molar-refractivity contribution in [2.24, 2.45) is 0 Å². The zero-order valence-corrected chi connectivity index (χ0v) is 14.6. The maximum Gasteiger partial charge on any atom is 0.244 e. The number of aryl methyl sites for hydroxylation is 1. The molecule has 0 aliphatic heterocycles. The van der Waals surface area contributed by atoms with Crippen LogP contribution < -0.4 is 9.46 Å². The summed E-state index contributed by atoms with van der Waals surface area (Å²) in [4.78, 5) is 2.03. The van der Waals surface area contributed by atoms with Gasteiger partial charge in [0.25, 0.3) is 0 Å². The van der Waals surface area contributed by atoms with E-state index in [1.165, 1.54) is 7.11 Å². The maximum atomic E-state index is 12.6.